The van der Waals surface area contributed by atoms with Crippen LogP contribution in [0, 0.1) is 11.8 Å². The summed E-state index contributed by atoms with van der Waals surface area (Å²) < 4.78 is 21.9. The van der Waals surface area contributed by atoms with Crippen molar-refractivity contribution in [1.82, 2.24) is 0 Å². The first-order valence-electron chi connectivity index (χ1n) is 10.3. The van der Waals surface area contributed by atoms with Gasteiger partial charge in [-0.15, -0.1) is 0 Å². The minimum atomic E-state index is -1.00. The van der Waals surface area contributed by atoms with Crippen LogP contribution in [0.5, 0.6) is 5.75 Å². The number of methoxy groups -OCH3 is 2. The van der Waals surface area contributed by atoms with E-state index >= 15 is 0 Å². The zero-order valence-electron chi connectivity index (χ0n) is 18.8. The lowest BCUT2D eigenvalue weighted by Gasteiger charge is -2.26. The Bertz CT molecular complexity index is 939. The molecule has 0 bridgehead atoms. The lowest BCUT2D eigenvalue weighted by Crippen LogP contribution is -2.29. The summed E-state index contributed by atoms with van der Waals surface area (Å²) in [5.41, 5.74) is 0.0515. The summed E-state index contributed by atoms with van der Waals surface area (Å²) >= 11 is 6.33. The highest BCUT2D eigenvalue weighted by Gasteiger charge is 2.28. The number of hydrogen-bond donors (Lipinski definition) is 1. The quantitative estimate of drug-likeness (QED) is 0.508. The molecule has 172 valence electrons. The Hall–Kier alpha value is -2.72. The topological polar surface area (TPSA) is 74.2 Å². The lowest BCUT2D eigenvalue weighted by atomic mass is 9.94. The highest BCUT2D eigenvalue weighted by molar-refractivity contribution is 6.32. The summed E-state index contributed by atoms with van der Waals surface area (Å²) in [6.07, 6.45) is 8.73. The Labute approximate surface area is 194 Å². The van der Waals surface area contributed by atoms with Crippen LogP contribution in [0.1, 0.15) is 31.7 Å². The van der Waals surface area contributed by atoms with E-state index in [1.807, 2.05) is 18.2 Å². The summed E-state index contributed by atoms with van der Waals surface area (Å²) in [7, 11) is 3.24. The third-order valence-electron chi connectivity index (χ3n) is 5.06. The Morgan fingerprint density at radius 2 is 2.16 bits per heavy atom. The number of hydrogen-bond acceptors (Lipinski definition) is 5. The zero-order valence-corrected chi connectivity index (χ0v) is 19.5. The first-order chi connectivity index (χ1) is 15.4. The van der Waals surface area contributed by atoms with Crippen molar-refractivity contribution in [2.75, 3.05) is 27.4 Å². The molecule has 6 nitrogen and oxygen atoms in total. The molecule has 1 N–H and O–H groups in total. The van der Waals surface area contributed by atoms with E-state index in [4.69, 9.17) is 30.5 Å². The molecule has 0 aliphatic heterocycles. The smallest absolute Gasteiger partial charge is 0.333 e. The van der Waals surface area contributed by atoms with Gasteiger partial charge in [0.15, 0.2) is 11.7 Å². The van der Waals surface area contributed by atoms with Crippen LogP contribution in [0.2, 0.25) is 5.02 Å². The van der Waals surface area contributed by atoms with E-state index in [1.54, 1.807) is 58.4 Å². The van der Waals surface area contributed by atoms with Crippen molar-refractivity contribution in [3.63, 3.8) is 0 Å². The molecule has 2 unspecified atom stereocenters. The summed E-state index contributed by atoms with van der Waals surface area (Å²) in [5, 5.41) is 9.77. The normalized spacial score (nSPS) is 19.6. The van der Waals surface area contributed by atoms with Crippen molar-refractivity contribution in [3.05, 3.63) is 64.9 Å². The van der Waals surface area contributed by atoms with E-state index in [0.29, 0.717) is 23.8 Å². The lowest BCUT2D eigenvalue weighted by molar-refractivity contribution is -0.151. The second kappa shape index (κ2) is 12.4. The largest absolute Gasteiger partial charge is 0.501 e. The molecule has 0 aromatic heterocycles. The average molecular weight is 461 g/mol. The van der Waals surface area contributed by atoms with Crippen molar-refractivity contribution in [2.24, 2.45) is 0 Å². The summed E-state index contributed by atoms with van der Waals surface area (Å²) in [5.74, 6) is 6.03. The molecule has 0 amide bonds. The van der Waals surface area contributed by atoms with Gasteiger partial charge in [-0.1, -0.05) is 42.5 Å². The van der Waals surface area contributed by atoms with Gasteiger partial charge in [0.25, 0.3) is 0 Å². The highest BCUT2D eigenvalue weighted by Crippen LogP contribution is 2.31. The van der Waals surface area contributed by atoms with Crippen LogP contribution in [0.25, 0.3) is 0 Å². The molecule has 0 spiro atoms. The molecule has 1 aromatic carbocycles. The van der Waals surface area contributed by atoms with Gasteiger partial charge < -0.3 is 24.1 Å². The molecule has 7 heteroatoms. The number of allylic oxidation sites excluding steroid dienone is 3. The minimum absolute atomic E-state index is 0.277. The predicted octanol–water partition coefficient (Wildman–Crippen LogP) is 4.75. The summed E-state index contributed by atoms with van der Waals surface area (Å²) in [4.78, 5) is 11.4. The molecule has 1 aliphatic rings. The monoisotopic (exact) mass is 460 g/mol. The Morgan fingerprint density at radius 1 is 1.38 bits per heavy atom. The average Bonchev–Trinajstić information content (AvgIpc) is 2.80. The van der Waals surface area contributed by atoms with Crippen LogP contribution >= 0.6 is 11.6 Å². The second-order valence-electron chi connectivity index (χ2n) is 7.14. The summed E-state index contributed by atoms with van der Waals surface area (Å²) in [6.45, 7) is 4.15. The number of benzene rings is 1. The first kappa shape index (κ1) is 25.5. The van der Waals surface area contributed by atoms with Gasteiger partial charge in [-0.25, -0.2) is 4.79 Å². The number of carboxylic acid groups (broad SMARTS) is 1. The van der Waals surface area contributed by atoms with E-state index in [1.165, 1.54) is 0 Å². The van der Waals surface area contributed by atoms with Crippen molar-refractivity contribution < 1.29 is 28.8 Å². The molecule has 2 rings (SSSR count). The Balaban J connectivity index is 1.96. The molecule has 0 fully saturated rings. The van der Waals surface area contributed by atoms with Crippen LogP contribution < -0.4 is 4.74 Å². The fraction of sp³-hybridized carbons (Fsp3) is 0.400. The third-order valence-corrected chi connectivity index (χ3v) is 5.35. The second-order valence-corrected chi connectivity index (χ2v) is 7.55. The number of carbonyl (C=O) groups is 1. The molecule has 0 heterocycles. The molecule has 32 heavy (non-hydrogen) atoms. The van der Waals surface area contributed by atoms with Gasteiger partial charge in [0.2, 0.25) is 0 Å². The Morgan fingerprint density at radius 3 is 2.78 bits per heavy atom. The number of rotatable bonds is 10. The predicted molar refractivity (Wildman–Crippen MR) is 124 cm³/mol. The SMILES string of the molecule is CCO[C@H](C(=O)O)C(C)c1ccc(OC/C=C\C#CC2(OC)C=CC=C(OC)C2)c(Cl)c1. The van der Waals surface area contributed by atoms with Gasteiger partial charge in [0.1, 0.15) is 12.4 Å². The van der Waals surface area contributed by atoms with Crippen molar-refractivity contribution in [1.29, 1.82) is 0 Å². The van der Waals surface area contributed by atoms with Crippen molar-refractivity contribution in [2.45, 2.75) is 37.9 Å². The fourth-order valence-corrected chi connectivity index (χ4v) is 3.46. The van der Waals surface area contributed by atoms with Gasteiger partial charge >= 0.3 is 5.97 Å². The van der Waals surface area contributed by atoms with Crippen LogP contribution in [0.3, 0.4) is 0 Å². The molecule has 0 radical (unpaired) electrons. The zero-order chi connectivity index (χ0) is 23.6. The van der Waals surface area contributed by atoms with Crippen LogP contribution in [0.15, 0.2) is 54.3 Å². The van der Waals surface area contributed by atoms with Gasteiger partial charge in [0, 0.05) is 26.1 Å². The molecular weight excluding hydrogens is 432 g/mol. The maximum atomic E-state index is 11.4. The molecule has 1 aliphatic carbocycles. The van der Waals surface area contributed by atoms with E-state index in [2.05, 4.69) is 11.8 Å². The van der Waals surface area contributed by atoms with Gasteiger partial charge in [-0.3, -0.25) is 0 Å². The standard InChI is InChI=1S/C25H29ClO6/c1-5-31-23(24(27)28)18(2)19-11-12-22(21(26)16-19)32-15-8-6-7-13-25(30-4)14-9-10-20(17-25)29-3/h6,8-12,14,16,18,23H,5,15,17H2,1-4H3,(H,27,28)/b8-6-/t18?,23-,25?/m0/s1. The highest BCUT2D eigenvalue weighted by atomic mass is 35.5. The summed E-state index contributed by atoms with van der Waals surface area (Å²) in [6, 6.07) is 5.23. The fourth-order valence-electron chi connectivity index (χ4n) is 3.21. The van der Waals surface area contributed by atoms with Crippen LogP contribution in [-0.4, -0.2) is 50.2 Å². The first-order valence-corrected chi connectivity index (χ1v) is 10.7. The number of halogens is 1. The van der Waals surface area contributed by atoms with Gasteiger partial charge in [-0.2, -0.15) is 0 Å². The molecule has 1 aromatic rings. The molecule has 0 saturated heterocycles. The molecule has 3 atom stereocenters. The van der Waals surface area contributed by atoms with Crippen LogP contribution in [0.4, 0.5) is 0 Å². The maximum Gasteiger partial charge on any atom is 0.333 e. The van der Waals surface area contributed by atoms with Crippen molar-refractivity contribution in [3.8, 4) is 17.6 Å². The number of ether oxygens (including phenoxy) is 4. The van der Waals surface area contributed by atoms with E-state index in [9.17, 15) is 9.90 Å². The Kier molecular flexibility index (Phi) is 9.86. The van der Waals surface area contributed by atoms with E-state index < -0.39 is 17.7 Å². The van der Waals surface area contributed by atoms with E-state index in [-0.39, 0.29) is 12.5 Å². The van der Waals surface area contributed by atoms with E-state index in [0.717, 1.165) is 11.3 Å². The number of aliphatic carboxylic acids is 1. The number of carboxylic acids is 1. The minimum Gasteiger partial charge on any atom is -0.501 e. The maximum absolute atomic E-state index is 11.4. The van der Waals surface area contributed by atoms with Gasteiger partial charge in [-0.05, 0) is 48.9 Å². The third kappa shape index (κ3) is 6.89. The van der Waals surface area contributed by atoms with Crippen molar-refractivity contribution >= 4 is 17.6 Å². The van der Waals surface area contributed by atoms with Gasteiger partial charge in [0.05, 0.1) is 17.9 Å². The molecular formula is C25H29ClO6. The van der Waals surface area contributed by atoms with Crippen LogP contribution in [-0.2, 0) is 19.0 Å². The molecule has 0 saturated carbocycles.